The number of carbonyl (C=O) groups excluding carboxylic acids is 1. The summed E-state index contributed by atoms with van der Waals surface area (Å²) in [5.41, 5.74) is 0.405. The molecular formula is C16H24ClN3O4S. The number of nitrogens with one attached hydrogen (secondary N) is 1. The van der Waals surface area contributed by atoms with Crippen molar-refractivity contribution in [3.63, 3.8) is 0 Å². The minimum absolute atomic E-state index is 0.339. The van der Waals surface area contributed by atoms with Crippen molar-refractivity contribution in [2.45, 2.75) is 13.0 Å². The molecule has 1 atom stereocenters. The number of hydrogen-bond acceptors (Lipinski definition) is 5. The van der Waals surface area contributed by atoms with Crippen molar-refractivity contribution in [2.24, 2.45) is 0 Å². The number of benzene rings is 1. The van der Waals surface area contributed by atoms with E-state index in [0.717, 1.165) is 23.7 Å². The average molecular weight is 390 g/mol. The standard InChI is InChI=1S/C16H24ClN3O4S/c1-13(16(21)18-7-8-19-9-11-24-12-10-19)20(25(2,22)23)15-5-3-14(17)4-6-15/h3-6,13H,7-12H2,1-2H3,(H,18,21)/t13-/m1/s1. The van der Waals surface area contributed by atoms with E-state index in [9.17, 15) is 13.2 Å². The molecule has 1 aliphatic rings. The van der Waals surface area contributed by atoms with Gasteiger partial charge in [0.25, 0.3) is 0 Å². The molecule has 1 aliphatic heterocycles. The van der Waals surface area contributed by atoms with E-state index in [1.165, 1.54) is 0 Å². The number of nitrogens with zero attached hydrogens (tertiary/aromatic N) is 2. The number of rotatable bonds is 7. The summed E-state index contributed by atoms with van der Waals surface area (Å²) >= 11 is 5.85. The molecule has 9 heteroatoms. The van der Waals surface area contributed by atoms with Crippen LogP contribution in [-0.2, 0) is 19.6 Å². The van der Waals surface area contributed by atoms with E-state index in [4.69, 9.17) is 16.3 Å². The number of hydrogen-bond donors (Lipinski definition) is 1. The lowest BCUT2D eigenvalue weighted by Crippen LogP contribution is -2.49. The van der Waals surface area contributed by atoms with Crippen LogP contribution in [-0.4, -0.2) is 70.9 Å². The minimum atomic E-state index is -3.62. The van der Waals surface area contributed by atoms with Gasteiger partial charge in [-0.05, 0) is 31.2 Å². The zero-order valence-corrected chi connectivity index (χ0v) is 16.0. The van der Waals surface area contributed by atoms with E-state index in [0.29, 0.717) is 37.0 Å². The van der Waals surface area contributed by atoms with E-state index in [1.54, 1.807) is 31.2 Å². The van der Waals surface area contributed by atoms with Crippen LogP contribution in [0.15, 0.2) is 24.3 Å². The predicted octanol–water partition coefficient (Wildman–Crippen LogP) is 0.943. The van der Waals surface area contributed by atoms with Crippen LogP contribution in [0.2, 0.25) is 5.02 Å². The first-order valence-corrected chi connectivity index (χ1v) is 10.3. The fourth-order valence-electron chi connectivity index (χ4n) is 2.71. The van der Waals surface area contributed by atoms with Crippen LogP contribution in [0.3, 0.4) is 0 Å². The highest BCUT2D eigenvalue weighted by atomic mass is 35.5. The summed E-state index contributed by atoms with van der Waals surface area (Å²) < 4.78 is 30.7. The van der Waals surface area contributed by atoms with Gasteiger partial charge in [0, 0.05) is 31.2 Å². The zero-order chi connectivity index (χ0) is 18.4. The van der Waals surface area contributed by atoms with Gasteiger partial charge < -0.3 is 10.1 Å². The third kappa shape index (κ3) is 5.85. The van der Waals surface area contributed by atoms with Crippen LogP contribution >= 0.6 is 11.6 Å². The second-order valence-electron chi connectivity index (χ2n) is 5.96. The van der Waals surface area contributed by atoms with Crippen molar-refractivity contribution in [1.29, 1.82) is 0 Å². The molecule has 1 N–H and O–H groups in total. The molecule has 0 aromatic heterocycles. The Morgan fingerprint density at radius 1 is 1.32 bits per heavy atom. The fraction of sp³-hybridized carbons (Fsp3) is 0.562. The van der Waals surface area contributed by atoms with Crippen molar-refractivity contribution >= 4 is 33.2 Å². The smallest absolute Gasteiger partial charge is 0.243 e. The van der Waals surface area contributed by atoms with Gasteiger partial charge in [0.15, 0.2) is 0 Å². The van der Waals surface area contributed by atoms with Crippen molar-refractivity contribution in [2.75, 3.05) is 50.0 Å². The van der Waals surface area contributed by atoms with Crippen LogP contribution in [0, 0.1) is 0 Å². The lowest BCUT2D eigenvalue weighted by Gasteiger charge is -2.29. The highest BCUT2D eigenvalue weighted by Crippen LogP contribution is 2.22. The first kappa shape index (κ1) is 20.0. The summed E-state index contributed by atoms with van der Waals surface area (Å²) in [4.78, 5) is 14.6. The molecule has 0 unspecified atom stereocenters. The number of amides is 1. The van der Waals surface area contributed by atoms with Gasteiger partial charge >= 0.3 is 0 Å². The third-order valence-corrected chi connectivity index (χ3v) is 5.49. The molecule has 2 rings (SSSR count). The number of halogens is 1. The highest BCUT2D eigenvalue weighted by Gasteiger charge is 2.29. The van der Waals surface area contributed by atoms with E-state index in [2.05, 4.69) is 10.2 Å². The first-order valence-electron chi connectivity index (χ1n) is 8.12. The number of ether oxygens (including phenoxy) is 1. The number of carbonyl (C=O) groups is 1. The molecule has 1 aromatic carbocycles. The van der Waals surface area contributed by atoms with E-state index in [-0.39, 0.29) is 5.91 Å². The second kappa shape index (κ2) is 8.84. The lowest BCUT2D eigenvalue weighted by atomic mass is 10.2. The van der Waals surface area contributed by atoms with Crippen LogP contribution in [0.1, 0.15) is 6.92 Å². The van der Waals surface area contributed by atoms with Gasteiger partial charge in [0.05, 0.1) is 25.2 Å². The Morgan fingerprint density at radius 3 is 2.48 bits per heavy atom. The summed E-state index contributed by atoms with van der Waals surface area (Å²) in [7, 11) is -3.62. The van der Waals surface area contributed by atoms with Crippen LogP contribution in [0.5, 0.6) is 0 Å². The molecule has 1 amide bonds. The minimum Gasteiger partial charge on any atom is -0.379 e. The molecule has 1 fully saturated rings. The fourth-order valence-corrected chi connectivity index (χ4v) is 4.01. The molecule has 0 spiro atoms. The largest absolute Gasteiger partial charge is 0.379 e. The Kier molecular flexibility index (Phi) is 7.06. The quantitative estimate of drug-likeness (QED) is 0.751. The summed E-state index contributed by atoms with van der Waals surface area (Å²) in [6, 6.07) is 5.50. The maximum absolute atomic E-state index is 12.4. The maximum Gasteiger partial charge on any atom is 0.243 e. The van der Waals surface area contributed by atoms with Gasteiger partial charge in [0.2, 0.25) is 15.9 Å². The molecular weight excluding hydrogens is 366 g/mol. The lowest BCUT2D eigenvalue weighted by molar-refractivity contribution is -0.121. The van der Waals surface area contributed by atoms with Crippen LogP contribution < -0.4 is 9.62 Å². The summed E-state index contributed by atoms with van der Waals surface area (Å²) in [6.45, 7) is 5.81. The summed E-state index contributed by atoms with van der Waals surface area (Å²) in [6.07, 6.45) is 1.08. The van der Waals surface area contributed by atoms with E-state index in [1.807, 2.05) is 0 Å². The molecule has 25 heavy (non-hydrogen) atoms. The molecule has 1 aromatic rings. The van der Waals surface area contributed by atoms with Gasteiger partial charge in [-0.15, -0.1) is 0 Å². The Labute approximate surface area is 153 Å². The average Bonchev–Trinajstić information content (AvgIpc) is 2.56. The molecule has 7 nitrogen and oxygen atoms in total. The van der Waals surface area contributed by atoms with Crippen molar-refractivity contribution in [1.82, 2.24) is 10.2 Å². The van der Waals surface area contributed by atoms with Gasteiger partial charge in [-0.3, -0.25) is 14.0 Å². The molecule has 0 radical (unpaired) electrons. The van der Waals surface area contributed by atoms with Crippen molar-refractivity contribution in [3.05, 3.63) is 29.3 Å². The predicted molar refractivity (Wildman–Crippen MR) is 98.5 cm³/mol. The topological polar surface area (TPSA) is 79.0 Å². The van der Waals surface area contributed by atoms with Gasteiger partial charge in [-0.25, -0.2) is 8.42 Å². The monoisotopic (exact) mass is 389 g/mol. The maximum atomic E-state index is 12.4. The van der Waals surface area contributed by atoms with Crippen molar-refractivity contribution < 1.29 is 17.9 Å². The number of morpholine rings is 1. The Bertz CT molecular complexity index is 675. The highest BCUT2D eigenvalue weighted by molar-refractivity contribution is 7.92. The molecule has 1 heterocycles. The third-order valence-electron chi connectivity index (χ3n) is 4.00. The Balaban J connectivity index is 1.99. The van der Waals surface area contributed by atoms with Crippen LogP contribution in [0.4, 0.5) is 5.69 Å². The number of anilines is 1. The number of sulfonamides is 1. The zero-order valence-electron chi connectivity index (χ0n) is 14.4. The summed E-state index contributed by atoms with van der Waals surface area (Å²) in [5.74, 6) is -0.339. The Morgan fingerprint density at radius 2 is 1.92 bits per heavy atom. The van der Waals surface area contributed by atoms with Crippen LogP contribution in [0.25, 0.3) is 0 Å². The van der Waals surface area contributed by atoms with Gasteiger partial charge in [-0.2, -0.15) is 0 Å². The van der Waals surface area contributed by atoms with E-state index < -0.39 is 16.1 Å². The van der Waals surface area contributed by atoms with E-state index >= 15 is 0 Å². The molecule has 140 valence electrons. The molecule has 0 bridgehead atoms. The van der Waals surface area contributed by atoms with Gasteiger partial charge in [0.1, 0.15) is 6.04 Å². The van der Waals surface area contributed by atoms with Crippen molar-refractivity contribution in [3.8, 4) is 0 Å². The molecule has 0 aliphatic carbocycles. The first-order chi connectivity index (χ1) is 11.8. The SMILES string of the molecule is C[C@H](C(=O)NCCN1CCOCC1)N(c1ccc(Cl)cc1)S(C)(=O)=O. The summed E-state index contributed by atoms with van der Waals surface area (Å²) in [5, 5.41) is 3.31. The Hall–Kier alpha value is -1.35. The normalized spacial score (nSPS) is 17.1. The molecule has 1 saturated heterocycles. The molecule has 0 saturated carbocycles. The van der Waals surface area contributed by atoms with Gasteiger partial charge in [-0.1, -0.05) is 11.6 Å². The second-order valence-corrected chi connectivity index (χ2v) is 8.25.